The number of likely N-dealkylation sites (tertiary alicyclic amines) is 1. The van der Waals surface area contributed by atoms with E-state index in [2.05, 4.69) is 17.1 Å². The smallest absolute Gasteiger partial charge is 0.222 e. The summed E-state index contributed by atoms with van der Waals surface area (Å²) in [5, 5.41) is 3.37. The van der Waals surface area contributed by atoms with Crippen molar-refractivity contribution in [3.8, 4) is 0 Å². The molecule has 0 aromatic rings. The lowest BCUT2D eigenvalue weighted by Crippen LogP contribution is -2.51. The van der Waals surface area contributed by atoms with Crippen LogP contribution in [0.4, 0.5) is 0 Å². The van der Waals surface area contributed by atoms with E-state index in [0.717, 1.165) is 32.5 Å². The summed E-state index contributed by atoms with van der Waals surface area (Å²) >= 11 is 0. The lowest BCUT2D eigenvalue weighted by atomic mass is 9.96. The van der Waals surface area contributed by atoms with Crippen LogP contribution in [0.25, 0.3) is 0 Å². The Morgan fingerprint density at radius 3 is 3.00 bits per heavy atom. The second-order valence-corrected chi connectivity index (χ2v) is 4.69. The van der Waals surface area contributed by atoms with Crippen molar-refractivity contribution >= 4 is 5.91 Å². The summed E-state index contributed by atoms with van der Waals surface area (Å²) in [6.45, 7) is 5.34. The molecule has 0 bridgehead atoms. The second-order valence-electron chi connectivity index (χ2n) is 4.69. The highest BCUT2D eigenvalue weighted by Gasteiger charge is 2.29. The van der Waals surface area contributed by atoms with Gasteiger partial charge in [0.15, 0.2) is 0 Å². The number of nitrogens with zero attached hydrogens (tertiary/aromatic N) is 1. The van der Waals surface area contributed by atoms with Gasteiger partial charge in [0.1, 0.15) is 0 Å². The molecule has 2 aliphatic rings. The third kappa shape index (κ3) is 2.08. The zero-order valence-electron chi connectivity index (χ0n) is 8.96. The molecule has 2 fully saturated rings. The first kappa shape index (κ1) is 9.97. The maximum Gasteiger partial charge on any atom is 0.222 e. The third-order valence-corrected chi connectivity index (χ3v) is 3.39. The second kappa shape index (κ2) is 4.30. The van der Waals surface area contributed by atoms with Gasteiger partial charge in [-0.1, -0.05) is 6.92 Å². The Labute approximate surface area is 85.8 Å². The van der Waals surface area contributed by atoms with E-state index in [9.17, 15) is 4.79 Å². The van der Waals surface area contributed by atoms with Crippen LogP contribution in [-0.4, -0.2) is 36.5 Å². The molecule has 0 radical (unpaired) electrons. The average molecular weight is 196 g/mol. The van der Waals surface area contributed by atoms with Gasteiger partial charge in [0, 0.05) is 25.6 Å². The number of carbonyl (C=O) groups is 1. The van der Waals surface area contributed by atoms with E-state index in [0.29, 0.717) is 17.9 Å². The Hall–Kier alpha value is -0.570. The largest absolute Gasteiger partial charge is 0.338 e. The predicted molar refractivity (Wildman–Crippen MR) is 56.0 cm³/mol. The van der Waals surface area contributed by atoms with Gasteiger partial charge in [0.25, 0.3) is 0 Å². The van der Waals surface area contributed by atoms with Gasteiger partial charge in [-0.25, -0.2) is 0 Å². The first-order valence-corrected chi connectivity index (χ1v) is 5.77. The van der Waals surface area contributed by atoms with Gasteiger partial charge >= 0.3 is 0 Å². The number of hydrogen-bond acceptors (Lipinski definition) is 2. The van der Waals surface area contributed by atoms with Crippen molar-refractivity contribution in [3.63, 3.8) is 0 Å². The van der Waals surface area contributed by atoms with Crippen LogP contribution in [-0.2, 0) is 4.79 Å². The van der Waals surface area contributed by atoms with Crippen LogP contribution in [0.2, 0.25) is 0 Å². The van der Waals surface area contributed by atoms with E-state index in [1.807, 2.05) is 0 Å². The van der Waals surface area contributed by atoms with E-state index < -0.39 is 0 Å². The zero-order chi connectivity index (χ0) is 9.97. The molecule has 14 heavy (non-hydrogen) atoms. The molecule has 2 heterocycles. The van der Waals surface area contributed by atoms with Crippen molar-refractivity contribution in [2.75, 3.05) is 19.6 Å². The van der Waals surface area contributed by atoms with Crippen molar-refractivity contribution < 1.29 is 4.79 Å². The van der Waals surface area contributed by atoms with Crippen molar-refractivity contribution in [2.24, 2.45) is 5.92 Å². The molecule has 1 unspecified atom stereocenters. The fourth-order valence-corrected chi connectivity index (χ4v) is 2.49. The maximum absolute atomic E-state index is 11.7. The van der Waals surface area contributed by atoms with E-state index in [1.54, 1.807) is 0 Å². The molecular formula is C11H20N2O. The van der Waals surface area contributed by atoms with Gasteiger partial charge in [-0.15, -0.1) is 0 Å². The molecule has 2 rings (SSSR count). The van der Waals surface area contributed by atoms with Crippen molar-refractivity contribution in [2.45, 2.75) is 38.6 Å². The molecule has 0 aromatic carbocycles. The summed E-state index contributed by atoms with van der Waals surface area (Å²) < 4.78 is 0. The van der Waals surface area contributed by atoms with Crippen molar-refractivity contribution in [1.82, 2.24) is 10.2 Å². The lowest BCUT2D eigenvalue weighted by molar-refractivity contribution is -0.137. The molecule has 3 heteroatoms. The van der Waals surface area contributed by atoms with Crippen LogP contribution in [0.15, 0.2) is 0 Å². The minimum absolute atomic E-state index is 0.372. The molecule has 2 aliphatic heterocycles. The van der Waals surface area contributed by atoms with Gasteiger partial charge in [-0.3, -0.25) is 4.79 Å². The van der Waals surface area contributed by atoms with Crippen LogP contribution in [0.5, 0.6) is 0 Å². The van der Waals surface area contributed by atoms with E-state index in [-0.39, 0.29) is 0 Å². The summed E-state index contributed by atoms with van der Waals surface area (Å²) in [5.74, 6) is 1.06. The number of rotatable bonds is 1. The van der Waals surface area contributed by atoms with Gasteiger partial charge in [0.05, 0.1) is 0 Å². The third-order valence-electron chi connectivity index (χ3n) is 3.39. The van der Waals surface area contributed by atoms with E-state index in [1.165, 1.54) is 12.8 Å². The molecule has 0 spiro atoms. The molecule has 2 saturated heterocycles. The molecule has 1 amide bonds. The number of hydrogen-bond donors (Lipinski definition) is 1. The topological polar surface area (TPSA) is 32.3 Å². The summed E-state index contributed by atoms with van der Waals surface area (Å²) in [6, 6.07) is 0.471. The summed E-state index contributed by atoms with van der Waals surface area (Å²) in [4.78, 5) is 13.8. The minimum Gasteiger partial charge on any atom is -0.338 e. The number of nitrogens with one attached hydrogen (secondary N) is 1. The highest BCUT2D eigenvalue weighted by Crippen LogP contribution is 2.21. The number of carbonyl (C=O) groups excluding carboxylic acids is 1. The Bertz CT molecular complexity index is 211. The highest BCUT2D eigenvalue weighted by molar-refractivity contribution is 5.77. The minimum atomic E-state index is 0.372. The molecule has 80 valence electrons. The lowest BCUT2D eigenvalue weighted by Gasteiger charge is -2.39. The fourth-order valence-electron chi connectivity index (χ4n) is 2.49. The van der Waals surface area contributed by atoms with Gasteiger partial charge in [-0.2, -0.15) is 0 Å². The van der Waals surface area contributed by atoms with Crippen LogP contribution < -0.4 is 5.32 Å². The quantitative estimate of drug-likeness (QED) is 0.678. The van der Waals surface area contributed by atoms with Crippen LogP contribution in [0.3, 0.4) is 0 Å². The highest BCUT2D eigenvalue weighted by atomic mass is 16.2. The summed E-state index contributed by atoms with van der Waals surface area (Å²) in [6.07, 6.45) is 4.24. The SMILES string of the molecule is CC1CCC(=O)N([C@@H]2CCCNC2)C1. The standard InChI is InChI=1S/C11H20N2O/c1-9-4-5-11(14)13(8-9)10-3-2-6-12-7-10/h9-10,12H,2-8H2,1H3/t9?,10-/m1/s1. The van der Waals surface area contributed by atoms with E-state index >= 15 is 0 Å². The Kier molecular flexibility index (Phi) is 3.06. The molecule has 3 nitrogen and oxygen atoms in total. The molecule has 0 aromatic heterocycles. The average Bonchev–Trinajstić information content (AvgIpc) is 2.23. The first-order chi connectivity index (χ1) is 6.77. The van der Waals surface area contributed by atoms with Gasteiger partial charge < -0.3 is 10.2 Å². The Morgan fingerprint density at radius 2 is 2.29 bits per heavy atom. The first-order valence-electron chi connectivity index (χ1n) is 5.77. The van der Waals surface area contributed by atoms with Crippen molar-refractivity contribution in [1.29, 1.82) is 0 Å². The predicted octanol–water partition coefficient (Wildman–Crippen LogP) is 0.997. The fraction of sp³-hybridized carbons (Fsp3) is 0.909. The monoisotopic (exact) mass is 196 g/mol. The van der Waals surface area contributed by atoms with Crippen molar-refractivity contribution in [3.05, 3.63) is 0 Å². The Balaban J connectivity index is 1.96. The molecular weight excluding hydrogens is 176 g/mol. The van der Waals surface area contributed by atoms with Gasteiger partial charge in [0.2, 0.25) is 5.91 Å². The molecule has 2 atom stereocenters. The zero-order valence-corrected chi connectivity index (χ0v) is 8.96. The van der Waals surface area contributed by atoms with Crippen LogP contribution >= 0.6 is 0 Å². The Morgan fingerprint density at radius 1 is 1.43 bits per heavy atom. The van der Waals surface area contributed by atoms with Crippen LogP contribution in [0.1, 0.15) is 32.6 Å². The molecule has 1 N–H and O–H groups in total. The summed E-state index contributed by atoms with van der Waals surface area (Å²) in [5.41, 5.74) is 0. The summed E-state index contributed by atoms with van der Waals surface area (Å²) in [7, 11) is 0. The van der Waals surface area contributed by atoms with E-state index in [4.69, 9.17) is 0 Å². The van der Waals surface area contributed by atoms with Gasteiger partial charge in [-0.05, 0) is 31.7 Å². The number of amides is 1. The normalized spacial score (nSPS) is 34.6. The van der Waals surface area contributed by atoms with Crippen LogP contribution in [0, 0.1) is 5.92 Å². The number of piperidine rings is 2. The molecule has 0 aliphatic carbocycles. The molecule has 0 saturated carbocycles. The maximum atomic E-state index is 11.7.